The van der Waals surface area contributed by atoms with Crippen LogP contribution in [0.4, 0.5) is 0 Å². The maximum absolute atomic E-state index is 3.41. The van der Waals surface area contributed by atoms with Crippen LogP contribution in [0.2, 0.25) is 0 Å². The maximum atomic E-state index is 3.41. The van der Waals surface area contributed by atoms with Gasteiger partial charge in [0.1, 0.15) is 0 Å². The lowest BCUT2D eigenvalue weighted by Gasteiger charge is -2.45. The van der Waals surface area contributed by atoms with Crippen molar-refractivity contribution in [2.24, 2.45) is 0 Å². The summed E-state index contributed by atoms with van der Waals surface area (Å²) in [5.41, 5.74) is 0.329. The first kappa shape index (κ1) is 12.3. The van der Waals surface area contributed by atoms with E-state index >= 15 is 0 Å². The van der Waals surface area contributed by atoms with Gasteiger partial charge in [-0.3, -0.25) is 9.80 Å². The highest BCUT2D eigenvalue weighted by Gasteiger charge is 2.29. The Morgan fingerprint density at radius 2 is 1.50 bits per heavy atom. The van der Waals surface area contributed by atoms with Crippen molar-refractivity contribution in [1.82, 2.24) is 20.4 Å². The van der Waals surface area contributed by atoms with Gasteiger partial charge in [-0.15, -0.1) is 0 Å². The molecular weight excluding hydrogens is 200 g/mol. The number of nitrogens with one attached hydrogen (secondary N) is 2. The van der Waals surface area contributed by atoms with Gasteiger partial charge in [0.2, 0.25) is 0 Å². The van der Waals surface area contributed by atoms with Gasteiger partial charge in [-0.1, -0.05) is 0 Å². The zero-order valence-corrected chi connectivity index (χ0v) is 10.9. The van der Waals surface area contributed by atoms with E-state index in [1.165, 1.54) is 26.2 Å². The van der Waals surface area contributed by atoms with E-state index in [0.717, 1.165) is 19.8 Å². The molecule has 0 spiro atoms. The standard InChI is InChI=1S/C12H26N4/c1-12(2,3)16-6-4-15(5-7-16)11-8-13-10-14-9-11/h11,13-14H,4-10H2,1-3H3. The average Bonchev–Trinajstić information content (AvgIpc) is 2.29. The van der Waals surface area contributed by atoms with Crippen LogP contribution in [-0.2, 0) is 0 Å². The predicted octanol–water partition coefficient (Wildman–Crippen LogP) is -0.0786. The van der Waals surface area contributed by atoms with Crippen LogP contribution in [0.15, 0.2) is 0 Å². The van der Waals surface area contributed by atoms with E-state index < -0.39 is 0 Å². The second-order valence-corrected chi connectivity index (χ2v) is 5.93. The van der Waals surface area contributed by atoms with Crippen molar-refractivity contribution in [3.8, 4) is 0 Å². The molecule has 2 fully saturated rings. The van der Waals surface area contributed by atoms with Crippen molar-refractivity contribution < 1.29 is 0 Å². The molecule has 0 amide bonds. The number of hydrogen-bond donors (Lipinski definition) is 2. The molecule has 2 N–H and O–H groups in total. The highest BCUT2D eigenvalue weighted by atomic mass is 15.3. The predicted molar refractivity (Wildman–Crippen MR) is 67.6 cm³/mol. The molecule has 0 saturated carbocycles. The molecule has 0 bridgehead atoms. The fourth-order valence-corrected chi connectivity index (χ4v) is 2.65. The molecule has 94 valence electrons. The van der Waals surface area contributed by atoms with E-state index in [9.17, 15) is 0 Å². The summed E-state index contributed by atoms with van der Waals surface area (Å²) in [7, 11) is 0. The van der Waals surface area contributed by atoms with Gasteiger partial charge in [0.05, 0.1) is 0 Å². The third kappa shape index (κ3) is 2.94. The van der Waals surface area contributed by atoms with Gasteiger partial charge in [-0.25, -0.2) is 0 Å². The third-order valence-corrected chi connectivity index (χ3v) is 3.79. The first-order valence-corrected chi connectivity index (χ1v) is 6.48. The molecule has 16 heavy (non-hydrogen) atoms. The summed E-state index contributed by atoms with van der Waals surface area (Å²) >= 11 is 0. The molecule has 2 rings (SSSR count). The lowest BCUT2D eigenvalue weighted by atomic mass is 10.0. The van der Waals surface area contributed by atoms with Crippen molar-refractivity contribution in [3.63, 3.8) is 0 Å². The van der Waals surface area contributed by atoms with Gasteiger partial charge < -0.3 is 10.6 Å². The summed E-state index contributed by atoms with van der Waals surface area (Å²) in [4.78, 5) is 5.22. The molecule has 0 atom stereocenters. The largest absolute Gasteiger partial charge is 0.303 e. The molecule has 0 aromatic heterocycles. The van der Waals surface area contributed by atoms with Gasteiger partial charge in [0.25, 0.3) is 0 Å². The van der Waals surface area contributed by atoms with Gasteiger partial charge in [0.15, 0.2) is 0 Å². The summed E-state index contributed by atoms with van der Waals surface area (Å²) in [6.45, 7) is 15.0. The average molecular weight is 226 g/mol. The van der Waals surface area contributed by atoms with Crippen LogP contribution in [0.3, 0.4) is 0 Å². The first-order valence-electron chi connectivity index (χ1n) is 6.48. The van der Waals surface area contributed by atoms with E-state index in [0.29, 0.717) is 11.6 Å². The van der Waals surface area contributed by atoms with Crippen LogP contribution in [0, 0.1) is 0 Å². The van der Waals surface area contributed by atoms with Gasteiger partial charge in [-0.2, -0.15) is 0 Å². The summed E-state index contributed by atoms with van der Waals surface area (Å²) in [5, 5.41) is 6.81. The summed E-state index contributed by atoms with van der Waals surface area (Å²) in [5.74, 6) is 0. The Morgan fingerprint density at radius 3 is 2.00 bits per heavy atom. The maximum Gasteiger partial charge on any atom is 0.0455 e. The van der Waals surface area contributed by atoms with Crippen molar-refractivity contribution >= 4 is 0 Å². The SMILES string of the molecule is CC(C)(C)N1CCN(C2CNCNC2)CC1. The Hall–Kier alpha value is -0.160. The first-order chi connectivity index (χ1) is 7.57. The van der Waals surface area contributed by atoms with Crippen LogP contribution in [0.25, 0.3) is 0 Å². The summed E-state index contributed by atoms with van der Waals surface area (Å²) in [6, 6.07) is 0.691. The van der Waals surface area contributed by atoms with Crippen molar-refractivity contribution in [2.75, 3.05) is 45.9 Å². The molecule has 4 heteroatoms. The molecule has 0 aliphatic carbocycles. The van der Waals surface area contributed by atoms with E-state index in [1.54, 1.807) is 0 Å². The number of piperazine rings is 1. The Balaban J connectivity index is 1.80. The fourth-order valence-electron chi connectivity index (χ4n) is 2.65. The van der Waals surface area contributed by atoms with E-state index in [4.69, 9.17) is 0 Å². The van der Waals surface area contributed by atoms with Gasteiger partial charge >= 0.3 is 0 Å². The number of rotatable bonds is 1. The molecular formula is C12H26N4. The third-order valence-electron chi connectivity index (χ3n) is 3.79. The zero-order chi connectivity index (χ0) is 11.6. The molecule has 0 aromatic carbocycles. The molecule has 2 saturated heterocycles. The van der Waals surface area contributed by atoms with Crippen LogP contribution in [-0.4, -0.2) is 67.3 Å². The summed E-state index contributed by atoms with van der Waals surface area (Å²) < 4.78 is 0. The van der Waals surface area contributed by atoms with Crippen molar-refractivity contribution in [1.29, 1.82) is 0 Å². The Bertz CT molecular complexity index is 210. The quantitative estimate of drug-likeness (QED) is 0.655. The van der Waals surface area contributed by atoms with Crippen molar-refractivity contribution in [3.05, 3.63) is 0 Å². The van der Waals surface area contributed by atoms with Gasteiger partial charge in [0, 0.05) is 57.5 Å². The fraction of sp³-hybridized carbons (Fsp3) is 1.00. The number of nitrogens with zero attached hydrogens (tertiary/aromatic N) is 2. The zero-order valence-electron chi connectivity index (χ0n) is 10.9. The monoisotopic (exact) mass is 226 g/mol. The van der Waals surface area contributed by atoms with Crippen LogP contribution in [0.1, 0.15) is 20.8 Å². The number of hydrogen-bond acceptors (Lipinski definition) is 4. The molecule has 0 unspecified atom stereocenters. The van der Waals surface area contributed by atoms with E-state index in [1.807, 2.05) is 0 Å². The van der Waals surface area contributed by atoms with Crippen molar-refractivity contribution in [2.45, 2.75) is 32.4 Å². The van der Waals surface area contributed by atoms with E-state index in [-0.39, 0.29) is 0 Å². The molecule has 0 aromatic rings. The van der Waals surface area contributed by atoms with Gasteiger partial charge in [-0.05, 0) is 20.8 Å². The highest BCUT2D eigenvalue weighted by molar-refractivity contribution is 4.87. The Labute approximate surface area is 99.4 Å². The molecule has 4 nitrogen and oxygen atoms in total. The minimum absolute atomic E-state index is 0.329. The lowest BCUT2D eigenvalue weighted by Crippen LogP contribution is -2.61. The van der Waals surface area contributed by atoms with E-state index in [2.05, 4.69) is 41.2 Å². The highest BCUT2D eigenvalue weighted by Crippen LogP contribution is 2.16. The topological polar surface area (TPSA) is 30.5 Å². The van der Waals surface area contributed by atoms with Crippen LogP contribution in [0.5, 0.6) is 0 Å². The van der Waals surface area contributed by atoms with Crippen LogP contribution >= 0.6 is 0 Å². The molecule has 2 aliphatic rings. The minimum Gasteiger partial charge on any atom is -0.303 e. The lowest BCUT2D eigenvalue weighted by molar-refractivity contribution is 0.0384. The second kappa shape index (κ2) is 5.00. The smallest absolute Gasteiger partial charge is 0.0455 e. The molecule has 2 aliphatic heterocycles. The normalized spacial score (nSPS) is 27.2. The molecule has 0 radical (unpaired) electrons. The Kier molecular flexibility index (Phi) is 3.85. The Morgan fingerprint density at radius 1 is 0.938 bits per heavy atom. The minimum atomic E-state index is 0.329. The summed E-state index contributed by atoms with van der Waals surface area (Å²) in [6.07, 6.45) is 0. The second-order valence-electron chi connectivity index (χ2n) is 5.93. The van der Waals surface area contributed by atoms with Crippen LogP contribution < -0.4 is 10.6 Å². The molecule has 2 heterocycles.